The molecule has 0 radical (unpaired) electrons. The van der Waals surface area contributed by atoms with Crippen LogP contribution in [-0.2, 0) is 6.54 Å². The molecule has 6 heteroatoms. The number of nitrogens with two attached hydrogens (primary N) is 1. The molecule has 0 saturated heterocycles. The average molecular weight is 354 g/mol. The molecule has 0 fully saturated rings. The van der Waals surface area contributed by atoms with Crippen molar-refractivity contribution in [2.75, 3.05) is 6.54 Å². The molecular weight excluding hydrogens is 336 g/mol. The van der Waals surface area contributed by atoms with E-state index >= 15 is 0 Å². The standard InChI is InChI=1S/C21H18N6/c22-10-17-13-27-18(12-24-17)9-21(26-27)15-5-6-23-20(8-15)16-7-14-3-1-2-4-19(14)25-11-16/h1-9,11-12,17H,10,13,22H2. The maximum atomic E-state index is 5.73. The number of aliphatic imine (C=N–C) groups is 1. The van der Waals surface area contributed by atoms with Crippen molar-refractivity contribution in [2.45, 2.75) is 12.6 Å². The van der Waals surface area contributed by atoms with Crippen LogP contribution in [0.1, 0.15) is 5.69 Å². The van der Waals surface area contributed by atoms with Gasteiger partial charge in [-0.15, -0.1) is 0 Å². The van der Waals surface area contributed by atoms with Crippen LogP contribution in [0.3, 0.4) is 0 Å². The lowest BCUT2D eigenvalue weighted by Gasteiger charge is -2.15. The molecule has 1 aliphatic rings. The first-order valence-electron chi connectivity index (χ1n) is 8.93. The highest BCUT2D eigenvalue weighted by Gasteiger charge is 2.16. The van der Waals surface area contributed by atoms with Crippen LogP contribution in [0.25, 0.3) is 33.4 Å². The van der Waals surface area contributed by atoms with E-state index in [0.717, 1.165) is 45.7 Å². The topological polar surface area (TPSA) is 82.0 Å². The quantitative estimate of drug-likeness (QED) is 0.613. The van der Waals surface area contributed by atoms with Crippen molar-refractivity contribution in [3.63, 3.8) is 0 Å². The van der Waals surface area contributed by atoms with Crippen LogP contribution in [0.4, 0.5) is 0 Å². The maximum absolute atomic E-state index is 5.73. The third-order valence-electron chi connectivity index (χ3n) is 4.83. The predicted octanol–water partition coefficient (Wildman–Crippen LogP) is 2.92. The van der Waals surface area contributed by atoms with Crippen molar-refractivity contribution >= 4 is 17.1 Å². The van der Waals surface area contributed by atoms with Crippen molar-refractivity contribution < 1.29 is 0 Å². The van der Waals surface area contributed by atoms with Crippen LogP contribution in [-0.4, -0.2) is 38.5 Å². The summed E-state index contributed by atoms with van der Waals surface area (Å²) in [5.41, 5.74) is 11.5. The maximum Gasteiger partial charge on any atom is 0.0931 e. The number of benzene rings is 1. The normalized spacial score (nSPS) is 15.8. The van der Waals surface area contributed by atoms with Gasteiger partial charge in [0.05, 0.1) is 35.2 Å². The Balaban J connectivity index is 1.52. The van der Waals surface area contributed by atoms with Gasteiger partial charge in [0.1, 0.15) is 0 Å². The number of nitrogens with zero attached hydrogens (tertiary/aromatic N) is 5. The van der Waals surface area contributed by atoms with E-state index in [1.54, 1.807) is 0 Å². The van der Waals surface area contributed by atoms with Crippen LogP contribution < -0.4 is 5.73 Å². The summed E-state index contributed by atoms with van der Waals surface area (Å²) in [6, 6.07) is 16.4. The number of para-hydroxylation sites is 1. The predicted molar refractivity (Wildman–Crippen MR) is 107 cm³/mol. The zero-order valence-electron chi connectivity index (χ0n) is 14.7. The Labute approximate surface area is 156 Å². The van der Waals surface area contributed by atoms with Crippen molar-refractivity contribution in [2.24, 2.45) is 10.7 Å². The van der Waals surface area contributed by atoms with Gasteiger partial charge in [0.25, 0.3) is 0 Å². The zero-order valence-corrected chi connectivity index (χ0v) is 14.7. The van der Waals surface area contributed by atoms with E-state index in [1.807, 2.05) is 53.6 Å². The number of aromatic nitrogens is 4. The molecule has 4 aromatic rings. The number of rotatable bonds is 3. The van der Waals surface area contributed by atoms with Gasteiger partial charge in [0.2, 0.25) is 0 Å². The molecule has 4 heterocycles. The summed E-state index contributed by atoms with van der Waals surface area (Å²) in [6.45, 7) is 1.24. The molecule has 0 bridgehead atoms. The second kappa shape index (κ2) is 6.41. The van der Waals surface area contributed by atoms with Crippen LogP contribution >= 0.6 is 0 Å². The molecule has 6 nitrogen and oxygen atoms in total. The molecule has 5 rings (SSSR count). The lowest BCUT2D eigenvalue weighted by atomic mass is 10.1. The molecule has 1 aliphatic heterocycles. The molecule has 0 spiro atoms. The van der Waals surface area contributed by atoms with Gasteiger partial charge in [0, 0.05) is 41.7 Å². The highest BCUT2D eigenvalue weighted by molar-refractivity contribution is 5.84. The van der Waals surface area contributed by atoms with Crippen molar-refractivity contribution in [3.8, 4) is 22.5 Å². The molecule has 1 aromatic carbocycles. The third-order valence-corrected chi connectivity index (χ3v) is 4.83. The Hall–Kier alpha value is -3.38. The second-order valence-electron chi connectivity index (χ2n) is 6.65. The van der Waals surface area contributed by atoms with Gasteiger partial charge in [-0.2, -0.15) is 5.10 Å². The second-order valence-corrected chi connectivity index (χ2v) is 6.65. The number of fused-ring (bicyclic) bond motifs is 2. The van der Waals surface area contributed by atoms with Gasteiger partial charge in [-0.3, -0.25) is 19.6 Å². The van der Waals surface area contributed by atoms with Gasteiger partial charge in [0.15, 0.2) is 0 Å². The van der Waals surface area contributed by atoms with E-state index in [0.29, 0.717) is 6.54 Å². The van der Waals surface area contributed by atoms with Crippen LogP contribution in [0.5, 0.6) is 0 Å². The fourth-order valence-electron chi connectivity index (χ4n) is 3.35. The molecule has 1 unspecified atom stereocenters. The molecule has 1 atom stereocenters. The Morgan fingerprint density at radius 1 is 1.00 bits per heavy atom. The van der Waals surface area contributed by atoms with E-state index in [-0.39, 0.29) is 6.04 Å². The largest absolute Gasteiger partial charge is 0.328 e. The van der Waals surface area contributed by atoms with E-state index in [2.05, 4.69) is 33.2 Å². The van der Waals surface area contributed by atoms with Gasteiger partial charge < -0.3 is 5.73 Å². The first kappa shape index (κ1) is 15.8. The minimum Gasteiger partial charge on any atom is -0.328 e. The van der Waals surface area contributed by atoms with Gasteiger partial charge in [-0.1, -0.05) is 18.2 Å². The Bertz CT molecular complexity index is 1160. The van der Waals surface area contributed by atoms with Gasteiger partial charge in [-0.25, -0.2) is 0 Å². The highest BCUT2D eigenvalue weighted by atomic mass is 15.3. The first-order valence-corrected chi connectivity index (χ1v) is 8.93. The summed E-state index contributed by atoms with van der Waals surface area (Å²) in [5, 5.41) is 5.83. The Morgan fingerprint density at radius 2 is 1.93 bits per heavy atom. The molecule has 0 amide bonds. The summed E-state index contributed by atoms with van der Waals surface area (Å²) in [5.74, 6) is 0. The monoisotopic (exact) mass is 354 g/mol. The average Bonchev–Trinajstić information content (AvgIpc) is 3.17. The number of hydrogen-bond donors (Lipinski definition) is 1. The summed E-state index contributed by atoms with van der Waals surface area (Å²) in [4.78, 5) is 13.5. The SMILES string of the molecule is NCC1Cn2nc(-c3ccnc(-c4cnc5ccccc5c4)c3)cc2C=N1. The minimum atomic E-state index is 0.0990. The molecule has 0 aliphatic carbocycles. The third kappa shape index (κ3) is 2.90. The van der Waals surface area contributed by atoms with E-state index < -0.39 is 0 Å². The van der Waals surface area contributed by atoms with Gasteiger partial charge >= 0.3 is 0 Å². The fourth-order valence-corrected chi connectivity index (χ4v) is 3.35. The molecule has 27 heavy (non-hydrogen) atoms. The van der Waals surface area contributed by atoms with Crippen LogP contribution in [0.15, 0.2) is 65.9 Å². The van der Waals surface area contributed by atoms with Crippen molar-refractivity contribution in [1.29, 1.82) is 0 Å². The molecule has 132 valence electrons. The van der Waals surface area contributed by atoms with Crippen molar-refractivity contribution in [3.05, 3.63) is 66.6 Å². The summed E-state index contributed by atoms with van der Waals surface area (Å²) in [7, 11) is 0. The first-order chi connectivity index (χ1) is 13.3. The summed E-state index contributed by atoms with van der Waals surface area (Å²) in [6.07, 6.45) is 5.53. The molecule has 0 saturated carbocycles. The summed E-state index contributed by atoms with van der Waals surface area (Å²) >= 11 is 0. The number of pyridine rings is 2. The Morgan fingerprint density at radius 3 is 2.85 bits per heavy atom. The zero-order chi connectivity index (χ0) is 18.2. The molecule has 2 N–H and O–H groups in total. The van der Waals surface area contributed by atoms with Gasteiger partial charge in [-0.05, 0) is 30.3 Å². The van der Waals surface area contributed by atoms with E-state index in [1.165, 1.54) is 0 Å². The fraction of sp³-hybridized carbons (Fsp3) is 0.143. The summed E-state index contributed by atoms with van der Waals surface area (Å²) < 4.78 is 1.97. The Kier molecular flexibility index (Phi) is 3.76. The van der Waals surface area contributed by atoms with Crippen LogP contribution in [0.2, 0.25) is 0 Å². The van der Waals surface area contributed by atoms with Crippen LogP contribution in [0, 0.1) is 0 Å². The van der Waals surface area contributed by atoms with E-state index in [9.17, 15) is 0 Å². The number of hydrogen-bond acceptors (Lipinski definition) is 5. The van der Waals surface area contributed by atoms with Crippen molar-refractivity contribution in [1.82, 2.24) is 19.7 Å². The van der Waals surface area contributed by atoms with E-state index in [4.69, 9.17) is 10.8 Å². The lowest BCUT2D eigenvalue weighted by Crippen LogP contribution is -2.28. The minimum absolute atomic E-state index is 0.0990. The molecular formula is C21H18N6. The lowest BCUT2D eigenvalue weighted by molar-refractivity contribution is 0.506. The smallest absolute Gasteiger partial charge is 0.0931 e. The molecule has 3 aromatic heterocycles. The highest BCUT2D eigenvalue weighted by Crippen LogP contribution is 2.26.